The highest BCUT2D eigenvalue weighted by molar-refractivity contribution is 6.07. The number of amides is 3. The first kappa shape index (κ1) is 18.7. The van der Waals surface area contributed by atoms with E-state index in [2.05, 4.69) is 20.8 Å². The highest BCUT2D eigenvalue weighted by atomic mass is 16.5. The lowest BCUT2D eigenvalue weighted by Crippen LogP contribution is -2.47. The molecule has 0 bridgehead atoms. The van der Waals surface area contributed by atoms with Gasteiger partial charge in [-0.15, -0.1) is 0 Å². The van der Waals surface area contributed by atoms with Gasteiger partial charge in [-0.1, -0.05) is 5.16 Å². The SMILES string of the molecule is COc1ccc2cn(C[C@@]3(c4cc(-c5ccncc5)no4)NC(=O)NC3=O)c(O)c2c1. The number of carbonyl (C=O) groups is 2. The number of aromatic hydroxyl groups is 1. The molecule has 0 saturated carbocycles. The Labute approximate surface area is 175 Å². The van der Waals surface area contributed by atoms with Crippen LogP contribution in [0.25, 0.3) is 22.0 Å². The number of rotatable bonds is 5. The standard InChI is InChI=1S/C21H17N5O5/c1-30-14-3-2-13-10-26(18(27)15(13)8-14)11-21(19(28)23-20(29)24-21)17-9-16(25-31-17)12-4-6-22-7-5-12/h2-10,27H,11H2,1H3,(H2,23,24,28,29)/t21-/m0/s1. The van der Waals surface area contributed by atoms with E-state index in [9.17, 15) is 14.7 Å². The van der Waals surface area contributed by atoms with Crippen molar-refractivity contribution in [2.45, 2.75) is 12.1 Å². The van der Waals surface area contributed by atoms with Gasteiger partial charge in [0.15, 0.2) is 17.2 Å². The van der Waals surface area contributed by atoms with Crippen molar-refractivity contribution in [1.82, 2.24) is 25.3 Å². The Balaban J connectivity index is 1.59. The second-order valence-electron chi connectivity index (χ2n) is 7.16. The first-order chi connectivity index (χ1) is 15.0. The predicted octanol–water partition coefficient (Wildman–Crippen LogP) is 2.14. The van der Waals surface area contributed by atoms with Crippen molar-refractivity contribution < 1.29 is 24.0 Å². The normalized spacial score (nSPS) is 18.2. The van der Waals surface area contributed by atoms with Gasteiger partial charge in [0.2, 0.25) is 0 Å². The number of ether oxygens (including phenoxy) is 1. The smallest absolute Gasteiger partial charge is 0.322 e. The maximum absolute atomic E-state index is 12.9. The Morgan fingerprint density at radius 2 is 2.00 bits per heavy atom. The van der Waals surface area contributed by atoms with Gasteiger partial charge in [-0.2, -0.15) is 0 Å². The van der Waals surface area contributed by atoms with E-state index in [0.29, 0.717) is 16.8 Å². The summed E-state index contributed by atoms with van der Waals surface area (Å²) in [6.45, 7) is -0.113. The van der Waals surface area contributed by atoms with Crippen LogP contribution in [0.1, 0.15) is 5.76 Å². The van der Waals surface area contributed by atoms with Crippen LogP contribution in [0.15, 0.2) is 59.5 Å². The number of hydrogen-bond donors (Lipinski definition) is 3. The van der Waals surface area contributed by atoms with Crippen molar-refractivity contribution in [3.05, 3.63) is 60.7 Å². The maximum Gasteiger partial charge on any atom is 0.322 e. The molecule has 156 valence electrons. The van der Waals surface area contributed by atoms with Crippen LogP contribution in [-0.2, 0) is 16.9 Å². The van der Waals surface area contributed by atoms with Crippen molar-refractivity contribution in [3.63, 3.8) is 0 Å². The van der Waals surface area contributed by atoms with Crippen LogP contribution in [-0.4, -0.2) is 38.9 Å². The lowest BCUT2D eigenvalue weighted by atomic mass is 9.95. The zero-order chi connectivity index (χ0) is 21.6. The molecule has 1 atom stereocenters. The van der Waals surface area contributed by atoms with Crippen LogP contribution in [0.4, 0.5) is 4.79 Å². The number of pyridine rings is 1. The molecule has 0 spiro atoms. The average Bonchev–Trinajstić information content (AvgIpc) is 3.46. The minimum Gasteiger partial charge on any atom is -0.497 e. The molecule has 1 aromatic carbocycles. The van der Waals surface area contributed by atoms with Crippen molar-refractivity contribution in [1.29, 1.82) is 0 Å². The first-order valence-electron chi connectivity index (χ1n) is 9.37. The molecule has 1 aliphatic rings. The van der Waals surface area contributed by atoms with Crippen molar-refractivity contribution in [3.8, 4) is 22.9 Å². The van der Waals surface area contributed by atoms with Crippen molar-refractivity contribution >= 4 is 22.7 Å². The van der Waals surface area contributed by atoms with Crippen LogP contribution in [0, 0.1) is 0 Å². The van der Waals surface area contributed by atoms with Gasteiger partial charge in [-0.3, -0.25) is 15.1 Å². The second-order valence-corrected chi connectivity index (χ2v) is 7.16. The van der Waals surface area contributed by atoms with E-state index in [4.69, 9.17) is 9.26 Å². The summed E-state index contributed by atoms with van der Waals surface area (Å²) in [5, 5.41) is 21.0. The minimum absolute atomic E-state index is 0.0731. The van der Waals surface area contributed by atoms with Crippen LogP contribution >= 0.6 is 0 Å². The fraction of sp³-hybridized carbons (Fsp3) is 0.143. The monoisotopic (exact) mass is 419 g/mol. The number of hydrogen-bond acceptors (Lipinski definition) is 7. The highest BCUT2D eigenvalue weighted by Crippen LogP contribution is 2.35. The number of methoxy groups -OCH3 is 1. The zero-order valence-electron chi connectivity index (χ0n) is 16.3. The van der Waals surface area contributed by atoms with Gasteiger partial charge >= 0.3 is 6.03 Å². The van der Waals surface area contributed by atoms with E-state index in [1.54, 1.807) is 55.0 Å². The first-order valence-corrected chi connectivity index (χ1v) is 9.37. The summed E-state index contributed by atoms with van der Waals surface area (Å²) in [6, 6.07) is 9.67. The quantitative estimate of drug-likeness (QED) is 0.422. The molecule has 3 amide bonds. The fourth-order valence-corrected chi connectivity index (χ4v) is 3.72. The number of imide groups is 1. The van der Waals surface area contributed by atoms with Gasteiger partial charge < -0.3 is 24.3 Å². The van der Waals surface area contributed by atoms with Crippen LogP contribution in [0.2, 0.25) is 0 Å². The third-order valence-electron chi connectivity index (χ3n) is 5.32. The van der Waals surface area contributed by atoms with Gasteiger partial charge in [0.25, 0.3) is 5.91 Å². The van der Waals surface area contributed by atoms with E-state index in [0.717, 1.165) is 10.9 Å². The topological polar surface area (TPSA) is 132 Å². The van der Waals surface area contributed by atoms with Crippen molar-refractivity contribution in [2.24, 2.45) is 0 Å². The number of nitrogens with one attached hydrogen (secondary N) is 2. The molecular formula is C21H17N5O5. The summed E-state index contributed by atoms with van der Waals surface area (Å²) < 4.78 is 12.2. The molecule has 1 saturated heterocycles. The molecule has 1 fully saturated rings. The highest BCUT2D eigenvalue weighted by Gasteiger charge is 2.51. The number of benzene rings is 1. The zero-order valence-corrected chi connectivity index (χ0v) is 16.3. The van der Waals surface area contributed by atoms with Crippen LogP contribution in [0.5, 0.6) is 11.6 Å². The maximum atomic E-state index is 12.9. The average molecular weight is 419 g/mol. The van der Waals surface area contributed by atoms with Crippen LogP contribution in [0.3, 0.4) is 0 Å². The molecular weight excluding hydrogens is 402 g/mol. The molecule has 3 aromatic heterocycles. The summed E-state index contributed by atoms with van der Waals surface area (Å²) in [7, 11) is 1.53. The van der Waals surface area contributed by atoms with Crippen LogP contribution < -0.4 is 15.4 Å². The van der Waals surface area contributed by atoms with E-state index in [1.165, 1.54) is 11.7 Å². The molecule has 4 heterocycles. The summed E-state index contributed by atoms with van der Waals surface area (Å²) in [6.07, 6.45) is 4.91. The summed E-state index contributed by atoms with van der Waals surface area (Å²) in [5.41, 5.74) is -0.365. The number of fused-ring (bicyclic) bond motifs is 1. The largest absolute Gasteiger partial charge is 0.497 e. The van der Waals surface area contributed by atoms with Gasteiger partial charge in [-0.25, -0.2) is 4.79 Å². The van der Waals surface area contributed by atoms with Gasteiger partial charge in [-0.05, 0) is 30.3 Å². The molecule has 1 aliphatic heterocycles. The second kappa shape index (κ2) is 6.87. The Morgan fingerprint density at radius 1 is 1.19 bits per heavy atom. The molecule has 5 rings (SSSR count). The van der Waals surface area contributed by atoms with Crippen molar-refractivity contribution in [2.75, 3.05) is 7.11 Å². The lowest BCUT2D eigenvalue weighted by molar-refractivity contribution is -0.125. The van der Waals surface area contributed by atoms with Gasteiger partial charge in [0, 0.05) is 41.0 Å². The molecule has 10 heteroatoms. The summed E-state index contributed by atoms with van der Waals surface area (Å²) >= 11 is 0. The fourth-order valence-electron chi connectivity index (χ4n) is 3.72. The third-order valence-corrected chi connectivity index (χ3v) is 5.32. The number of urea groups is 1. The Morgan fingerprint density at radius 3 is 2.71 bits per heavy atom. The van der Waals surface area contributed by atoms with Gasteiger partial charge in [0.05, 0.1) is 13.7 Å². The molecule has 3 N–H and O–H groups in total. The minimum atomic E-state index is -1.59. The summed E-state index contributed by atoms with van der Waals surface area (Å²) in [5.74, 6) is 0.0394. The molecule has 31 heavy (non-hydrogen) atoms. The lowest BCUT2D eigenvalue weighted by Gasteiger charge is -2.23. The number of aromatic nitrogens is 3. The third kappa shape index (κ3) is 2.96. The van der Waals surface area contributed by atoms with E-state index in [-0.39, 0.29) is 18.2 Å². The number of nitrogens with zero attached hydrogens (tertiary/aromatic N) is 3. The predicted molar refractivity (Wildman–Crippen MR) is 108 cm³/mol. The molecule has 4 aromatic rings. The molecule has 0 unspecified atom stereocenters. The van der Waals surface area contributed by atoms with E-state index >= 15 is 0 Å². The van der Waals surface area contributed by atoms with E-state index < -0.39 is 17.5 Å². The Bertz CT molecular complexity index is 1310. The Hall–Kier alpha value is -4.34. The number of carbonyl (C=O) groups excluding carboxylic acids is 2. The Kier molecular flexibility index (Phi) is 4.14. The van der Waals surface area contributed by atoms with Gasteiger partial charge in [0.1, 0.15) is 11.4 Å². The van der Waals surface area contributed by atoms with E-state index in [1.807, 2.05) is 0 Å². The molecule has 0 aliphatic carbocycles. The molecule has 10 nitrogen and oxygen atoms in total. The summed E-state index contributed by atoms with van der Waals surface area (Å²) in [4.78, 5) is 28.9. The molecule has 0 radical (unpaired) electrons.